The van der Waals surface area contributed by atoms with E-state index >= 15 is 0 Å². The number of aliphatic hydroxyl groups is 1. The van der Waals surface area contributed by atoms with Gasteiger partial charge >= 0.3 is 0 Å². The Kier molecular flexibility index (Phi) is 5.67. The molecule has 0 spiro atoms. The van der Waals surface area contributed by atoms with Crippen LogP contribution in [0.5, 0.6) is 0 Å². The molecule has 1 N–H and O–H groups in total. The lowest BCUT2D eigenvalue weighted by molar-refractivity contribution is -0.248. The van der Waals surface area contributed by atoms with Crippen molar-refractivity contribution in [3.05, 3.63) is 35.9 Å². The second-order valence-electron chi connectivity index (χ2n) is 9.02. The number of fused-ring (bicyclic) bond motifs is 3. The molecule has 0 unspecified atom stereocenters. The number of nitrogens with zero attached hydrogens (tertiary/aromatic N) is 1. The van der Waals surface area contributed by atoms with E-state index in [-0.39, 0.29) is 12.5 Å². The fourth-order valence-electron chi connectivity index (χ4n) is 4.57. The van der Waals surface area contributed by atoms with Gasteiger partial charge in [0.2, 0.25) is 5.91 Å². The van der Waals surface area contributed by atoms with E-state index in [1.165, 1.54) is 6.92 Å². The van der Waals surface area contributed by atoms with Crippen LogP contribution in [0.15, 0.2) is 30.3 Å². The van der Waals surface area contributed by atoms with Crippen LogP contribution in [0.3, 0.4) is 0 Å². The highest BCUT2D eigenvalue weighted by atomic mass is 16.9. The number of hydrogen-bond acceptors (Lipinski definition) is 7. The lowest BCUT2D eigenvalue weighted by Crippen LogP contribution is -2.62. The van der Waals surface area contributed by atoms with Gasteiger partial charge in [0.1, 0.15) is 24.4 Å². The monoisotopic (exact) mass is 421 g/mol. The number of benzene rings is 1. The Bertz CT molecular complexity index is 768. The van der Waals surface area contributed by atoms with Crippen LogP contribution in [0, 0.1) is 0 Å². The number of ether oxygens (including phenoxy) is 5. The summed E-state index contributed by atoms with van der Waals surface area (Å²) in [5.74, 6) is -1.84. The summed E-state index contributed by atoms with van der Waals surface area (Å²) < 4.78 is 30.6. The number of aliphatic hydroxyl groups excluding tert-OH is 1. The first-order valence-electron chi connectivity index (χ1n) is 10.4. The van der Waals surface area contributed by atoms with Gasteiger partial charge < -0.3 is 33.7 Å². The second kappa shape index (κ2) is 7.85. The first-order chi connectivity index (χ1) is 14.1. The summed E-state index contributed by atoms with van der Waals surface area (Å²) in [5.41, 5.74) is 0.960. The van der Waals surface area contributed by atoms with Crippen molar-refractivity contribution in [1.82, 2.24) is 4.90 Å². The van der Waals surface area contributed by atoms with Crippen molar-refractivity contribution in [2.75, 3.05) is 6.61 Å². The van der Waals surface area contributed by atoms with Crippen molar-refractivity contribution in [2.24, 2.45) is 0 Å². The molecule has 3 aliphatic rings. The first kappa shape index (κ1) is 21.7. The summed E-state index contributed by atoms with van der Waals surface area (Å²) in [6, 6.07) is 9.01. The molecule has 0 aliphatic carbocycles. The van der Waals surface area contributed by atoms with E-state index in [4.69, 9.17) is 23.7 Å². The van der Waals surface area contributed by atoms with Crippen molar-refractivity contribution in [3.8, 4) is 0 Å². The van der Waals surface area contributed by atoms with Crippen LogP contribution in [0.2, 0.25) is 0 Å². The maximum Gasteiger partial charge on any atom is 0.220 e. The summed E-state index contributed by atoms with van der Waals surface area (Å²) in [7, 11) is 0. The summed E-state index contributed by atoms with van der Waals surface area (Å²) in [4.78, 5) is 14.2. The van der Waals surface area contributed by atoms with E-state index in [1.54, 1.807) is 4.90 Å². The molecular formula is C22H31NO7. The van der Waals surface area contributed by atoms with Crippen LogP contribution < -0.4 is 0 Å². The molecule has 4 rings (SSSR count). The van der Waals surface area contributed by atoms with Gasteiger partial charge in [-0.25, -0.2) is 0 Å². The zero-order valence-corrected chi connectivity index (χ0v) is 18.1. The molecule has 3 aliphatic heterocycles. The van der Waals surface area contributed by atoms with E-state index in [0.717, 1.165) is 5.56 Å². The van der Waals surface area contributed by atoms with E-state index in [2.05, 4.69) is 0 Å². The Morgan fingerprint density at radius 1 is 1.00 bits per heavy atom. The third-order valence-corrected chi connectivity index (χ3v) is 5.76. The minimum Gasteiger partial charge on any atom is -0.394 e. The molecule has 1 aromatic rings. The summed E-state index contributed by atoms with van der Waals surface area (Å²) in [5, 5.41) is 10.3. The number of amides is 1. The van der Waals surface area contributed by atoms with Crippen LogP contribution in [0.4, 0.5) is 0 Å². The Labute approximate surface area is 177 Å². The summed E-state index contributed by atoms with van der Waals surface area (Å²) >= 11 is 0. The average Bonchev–Trinajstić information content (AvgIpc) is 3.16. The molecule has 3 fully saturated rings. The molecule has 8 nitrogen and oxygen atoms in total. The van der Waals surface area contributed by atoms with E-state index < -0.39 is 48.3 Å². The SMILES string of the molecule is CC(=O)N(Cc1ccccc1)[C@H](CO)[C@H]1O[C@@H]2OC(C)(C)O[C@@H]2[C@H]2OC(C)(C)O[C@H]21. The van der Waals surface area contributed by atoms with Crippen molar-refractivity contribution in [3.63, 3.8) is 0 Å². The average molecular weight is 421 g/mol. The number of hydrogen-bond donors (Lipinski definition) is 1. The predicted octanol–water partition coefficient (Wildman–Crippen LogP) is 1.79. The van der Waals surface area contributed by atoms with Crippen LogP contribution >= 0.6 is 0 Å². The Morgan fingerprint density at radius 3 is 2.23 bits per heavy atom. The first-order valence-corrected chi connectivity index (χ1v) is 10.4. The van der Waals surface area contributed by atoms with Crippen LogP contribution in [-0.2, 0) is 35.0 Å². The summed E-state index contributed by atoms with van der Waals surface area (Å²) in [6.07, 6.45) is -2.74. The Hall–Kier alpha value is -1.55. The third-order valence-electron chi connectivity index (χ3n) is 5.76. The van der Waals surface area contributed by atoms with Crippen molar-refractivity contribution in [1.29, 1.82) is 0 Å². The minimum atomic E-state index is -0.845. The van der Waals surface area contributed by atoms with Gasteiger partial charge in [-0.3, -0.25) is 4.79 Å². The van der Waals surface area contributed by atoms with Gasteiger partial charge in [-0.05, 0) is 33.3 Å². The normalized spacial score (nSPS) is 34.8. The minimum absolute atomic E-state index is 0.165. The standard InChI is InChI=1S/C22H31NO7/c1-13(25)23(11-14-9-7-6-8-10-14)15(12-24)16-17-18(28-21(2,3)27-17)19-20(26-16)30-22(4,5)29-19/h6-10,15-20,24H,11-12H2,1-5H3/t15-,16-,17+,18+,19-,20-/m1/s1. The molecule has 0 aromatic heterocycles. The maximum atomic E-state index is 12.6. The van der Waals surface area contributed by atoms with Gasteiger partial charge in [-0.15, -0.1) is 0 Å². The van der Waals surface area contributed by atoms with Gasteiger partial charge in [0.05, 0.1) is 12.6 Å². The van der Waals surface area contributed by atoms with Crippen LogP contribution in [0.1, 0.15) is 40.2 Å². The lowest BCUT2D eigenvalue weighted by Gasteiger charge is -2.43. The van der Waals surface area contributed by atoms with Crippen LogP contribution in [0.25, 0.3) is 0 Å². The van der Waals surface area contributed by atoms with Crippen molar-refractivity contribution < 1.29 is 33.6 Å². The van der Waals surface area contributed by atoms with Gasteiger partial charge in [0.25, 0.3) is 0 Å². The summed E-state index contributed by atoms with van der Waals surface area (Å²) in [6.45, 7) is 8.85. The molecule has 6 atom stereocenters. The number of carbonyl (C=O) groups is 1. The van der Waals surface area contributed by atoms with E-state index in [1.807, 2.05) is 58.0 Å². The maximum absolute atomic E-state index is 12.6. The highest BCUT2D eigenvalue weighted by Gasteiger charge is 2.62. The van der Waals surface area contributed by atoms with Crippen molar-refractivity contribution >= 4 is 5.91 Å². The fraction of sp³-hybridized carbons (Fsp3) is 0.682. The molecule has 166 valence electrons. The molecule has 3 saturated heterocycles. The van der Waals surface area contributed by atoms with E-state index in [0.29, 0.717) is 6.54 Å². The predicted molar refractivity (Wildman–Crippen MR) is 106 cm³/mol. The van der Waals surface area contributed by atoms with Crippen molar-refractivity contribution in [2.45, 2.75) is 89.5 Å². The zero-order valence-electron chi connectivity index (χ0n) is 18.1. The Balaban J connectivity index is 1.64. The van der Waals surface area contributed by atoms with Crippen LogP contribution in [-0.4, -0.2) is 70.8 Å². The molecule has 0 bridgehead atoms. The molecule has 1 amide bonds. The smallest absolute Gasteiger partial charge is 0.220 e. The molecular weight excluding hydrogens is 390 g/mol. The molecule has 8 heteroatoms. The number of rotatable bonds is 5. The molecule has 0 radical (unpaired) electrons. The molecule has 0 saturated carbocycles. The van der Waals surface area contributed by atoms with Gasteiger partial charge in [0.15, 0.2) is 17.9 Å². The van der Waals surface area contributed by atoms with E-state index in [9.17, 15) is 9.90 Å². The topological polar surface area (TPSA) is 86.7 Å². The third kappa shape index (κ3) is 4.12. The van der Waals surface area contributed by atoms with Gasteiger partial charge in [-0.2, -0.15) is 0 Å². The van der Waals surface area contributed by atoms with Gasteiger partial charge in [0, 0.05) is 13.5 Å². The molecule has 30 heavy (non-hydrogen) atoms. The zero-order chi connectivity index (χ0) is 21.7. The lowest BCUT2D eigenvalue weighted by atomic mass is 9.93. The highest BCUT2D eigenvalue weighted by Crippen LogP contribution is 2.45. The quantitative estimate of drug-likeness (QED) is 0.776. The largest absolute Gasteiger partial charge is 0.394 e. The Morgan fingerprint density at radius 2 is 1.60 bits per heavy atom. The van der Waals surface area contributed by atoms with Gasteiger partial charge in [-0.1, -0.05) is 30.3 Å². The molecule has 3 heterocycles. The highest BCUT2D eigenvalue weighted by molar-refractivity contribution is 5.73. The number of carbonyl (C=O) groups excluding carboxylic acids is 1. The second-order valence-corrected chi connectivity index (χ2v) is 9.02. The molecule has 1 aromatic carbocycles. The fourth-order valence-corrected chi connectivity index (χ4v) is 4.57.